The van der Waals surface area contributed by atoms with E-state index in [1.165, 1.54) is 48.9 Å². The first-order valence-corrected chi connectivity index (χ1v) is 13.7. The van der Waals surface area contributed by atoms with Crippen LogP contribution in [0.1, 0.15) is 69.7 Å². The van der Waals surface area contributed by atoms with Crippen LogP contribution in [0.5, 0.6) is 0 Å². The van der Waals surface area contributed by atoms with Crippen LogP contribution in [0.15, 0.2) is 29.2 Å². The molecule has 1 N–H and O–H groups in total. The van der Waals surface area contributed by atoms with Crippen molar-refractivity contribution in [1.29, 1.82) is 0 Å². The minimum Gasteiger partial charge on any atom is -0.373 e. The molecule has 1 amide bonds. The fourth-order valence-electron chi connectivity index (χ4n) is 7.41. The van der Waals surface area contributed by atoms with Crippen LogP contribution >= 0.6 is 0 Å². The number of benzene rings is 1. The molecule has 6 rings (SSSR count). The highest BCUT2D eigenvalue weighted by Crippen LogP contribution is 2.61. The van der Waals surface area contributed by atoms with Gasteiger partial charge in [-0.15, -0.1) is 0 Å². The van der Waals surface area contributed by atoms with E-state index in [0.717, 1.165) is 17.8 Å². The standard InChI is InChI=1S/C25H36N2O4S/c1-16-14-27(15-17(2)31-16)32(29,30)23-6-4-5-22(10-23)24(28)26-18(3)25-11-19-7-20(12-25)9-21(8-19)13-25/h4-6,10,16-21H,7-9,11-15H2,1-3H3,(H,26,28)/t16-,17+,18-,19?,20?,21?,25?/m1/s1. The van der Waals surface area contributed by atoms with Crippen LogP contribution in [-0.2, 0) is 14.8 Å². The zero-order valence-corrected chi connectivity index (χ0v) is 20.2. The summed E-state index contributed by atoms with van der Waals surface area (Å²) in [5.74, 6) is 2.31. The van der Waals surface area contributed by atoms with E-state index in [0.29, 0.717) is 18.7 Å². The Balaban J connectivity index is 1.32. The van der Waals surface area contributed by atoms with Crippen LogP contribution in [0.25, 0.3) is 0 Å². The van der Waals surface area contributed by atoms with Gasteiger partial charge in [0, 0.05) is 24.7 Å². The highest BCUT2D eigenvalue weighted by molar-refractivity contribution is 7.89. The fourth-order valence-corrected chi connectivity index (χ4v) is 9.05. The van der Waals surface area contributed by atoms with E-state index in [1.54, 1.807) is 18.2 Å². The second kappa shape index (κ2) is 8.10. The van der Waals surface area contributed by atoms with Crippen molar-refractivity contribution in [2.45, 2.75) is 82.4 Å². The molecule has 6 nitrogen and oxygen atoms in total. The van der Waals surface area contributed by atoms with Gasteiger partial charge in [-0.3, -0.25) is 4.79 Å². The van der Waals surface area contributed by atoms with E-state index in [4.69, 9.17) is 4.74 Å². The molecule has 32 heavy (non-hydrogen) atoms. The molecule has 0 spiro atoms. The van der Waals surface area contributed by atoms with Crippen LogP contribution in [0.4, 0.5) is 0 Å². The molecule has 176 valence electrons. The molecule has 5 aliphatic rings. The number of amides is 1. The molecule has 1 saturated heterocycles. The first-order valence-electron chi connectivity index (χ1n) is 12.2. The molecule has 0 unspecified atom stereocenters. The second-order valence-electron chi connectivity index (χ2n) is 11.1. The van der Waals surface area contributed by atoms with Crippen LogP contribution in [-0.4, -0.2) is 50.0 Å². The summed E-state index contributed by atoms with van der Waals surface area (Å²) < 4.78 is 33.6. The van der Waals surface area contributed by atoms with Gasteiger partial charge in [0.2, 0.25) is 10.0 Å². The zero-order chi connectivity index (χ0) is 22.7. The number of nitrogens with one attached hydrogen (secondary N) is 1. The van der Waals surface area contributed by atoms with Crippen molar-refractivity contribution >= 4 is 15.9 Å². The molecule has 7 heteroatoms. The van der Waals surface area contributed by atoms with E-state index in [2.05, 4.69) is 12.2 Å². The van der Waals surface area contributed by atoms with E-state index in [-0.39, 0.29) is 34.5 Å². The first kappa shape index (κ1) is 22.4. The lowest BCUT2D eigenvalue weighted by molar-refractivity contribution is -0.0688. The van der Waals surface area contributed by atoms with Crippen LogP contribution < -0.4 is 5.32 Å². The van der Waals surface area contributed by atoms with Gasteiger partial charge in [0.25, 0.3) is 5.91 Å². The van der Waals surface area contributed by atoms with Crippen molar-refractivity contribution in [2.24, 2.45) is 23.2 Å². The Bertz CT molecular complexity index is 946. The predicted molar refractivity (Wildman–Crippen MR) is 123 cm³/mol. The van der Waals surface area contributed by atoms with Crippen LogP contribution in [0.3, 0.4) is 0 Å². The predicted octanol–water partition coefficient (Wildman–Crippen LogP) is 3.82. The van der Waals surface area contributed by atoms with Gasteiger partial charge in [-0.05, 0) is 101 Å². The summed E-state index contributed by atoms with van der Waals surface area (Å²) in [5.41, 5.74) is 0.630. The molecule has 5 fully saturated rings. The van der Waals surface area contributed by atoms with Gasteiger partial charge >= 0.3 is 0 Å². The zero-order valence-electron chi connectivity index (χ0n) is 19.4. The van der Waals surface area contributed by atoms with Crippen LogP contribution in [0.2, 0.25) is 0 Å². The second-order valence-corrected chi connectivity index (χ2v) is 13.0. The van der Waals surface area contributed by atoms with Crippen LogP contribution in [0, 0.1) is 23.2 Å². The van der Waals surface area contributed by atoms with Crippen molar-refractivity contribution in [1.82, 2.24) is 9.62 Å². The Labute approximate surface area is 192 Å². The third-order valence-corrected chi connectivity index (χ3v) is 10.3. The van der Waals surface area contributed by atoms with Crippen molar-refractivity contribution in [3.63, 3.8) is 0 Å². The third-order valence-electron chi connectivity index (χ3n) is 8.47. The topological polar surface area (TPSA) is 75.7 Å². The molecule has 1 aliphatic heterocycles. The Hall–Kier alpha value is -1.44. The average Bonchev–Trinajstić information content (AvgIpc) is 2.72. The summed E-state index contributed by atoms with van der Waals surface area (Å²) >= 11 is 0. The highest BCUT2D eigenvalue weighted by Gasteiger charge is 2.53. The molecule has 1 aromatic carbocycles. The van der Waals surface area contributed by atoms with Crippen molar-refractivity contribution in [3.8, 4) is 0 Å². The Morgan fingerprint density at radius 2 is 1.62 bits per heavy atom. The van der Waals surface area contributed by atoms with Gasteiger partial charge in [-0.2, -0.15) is 4.31 Å². The maximum absolute atomic E-state index is 13.2. The third kappa shape index (κ3) is 4.01. The first-order chi connectivity index (χ1) is 15.1. The number of morpholine rings is 1. The van der Waals surface area contributed by atoms with Gasteiger partial charge in [0.1, 0.15) is 0 Å². The van der Waals surface area contributed by atoms with E-state index in [1.807, 2.05) is 13.8 Å². The number of hydrogen-bond acceptors (Lipinski definition) is 4. The maximum Gasteiger partial charge on any atom is 0.251 e. The molecule has 4 saturated carbocycles. The Kier molecular flexibility index (Phi) is 5.66. The number of ether oxygens (including phenoxy) is 1. The molecule has 4 bridgehead atoms. The van der Waals surface area contributed by atoms with Gasteiger partial charge in [-0.1, -0.05) is 6.07 Å². The largest absolute Gasteiger partial charge is 0.373 e. The van der Waals surface area contributed by atoms with E-state index >= 15 is 0 Å². The lowest BCUT2D eigenvalue weighted by Crippen LogP contribution is -2.55. The lowest BCUT2D eigenvalue weighted by Gasteiger charge is -2.59. The number of rotatable bonds is 5. The summed E-state index contributed by atoms with van der Waals surface area (Å²) in [4.78, 5) is 13.3. The molecular formula is C25H36N2O4S. The summed E-state index contributed by atoms with van der Waals surface area (Å²) in [6, 6.07) is 6.60. The van der Waals surface area contributed by atoms with Crippen molar-refractivity contribution < 1.29 is 17.9 Å². The minimum absolute atomic E-state index is 0.101. The lowest BCUT2D eigenvalue weighted by atomic mass is 9.48. The summed E-state index contributed by atoms with van der Waals surface area (Å²) in [5, 5.41) is 3.26. The highest BCUT2D eigenvalue weighted by atomic mass is 32.2. The Morgan fingerprint density at radius 3 is 2.19 bits per heavy atom. The van der Waals surface area contributed by atoms with Gasteiger partial charge in [0.05, 0.1) is 17.1 Å². The summed E-state index contributed by atoms with van der Waals surface area (Å²) in [6.45, 7) is 6.57. The number of nitrogens with zero attached hydrogens (tertiary/aromatic N) is 1. The van der Waals surface area contributed by atoms with Gasteiger partial charge in [0.15, 0.2) is 0 Å². The van der Waals surface area contributed by atoms with Crippen molar-refractivity contribution in [2.75, 3.05) is 13.1 Å². The Morgan fingerprint density at radius 1 is 1.06 bits per heavy atom. The number of carbonyl (C=O) groups is 1. The molecule has 1 aromatic rings. The van der Waals surface area contributed by atoms with E-state index < -0.39 is 10.0 Å². The number of sulfonamides is 1. The quantitative estimate of drug-likeness (QED) is 0.725. The molecule has 4 aliphatic carbocycles. The van der Waals surface area contributed by atoms with Gasteiger partial charge < -0.3 is 10.1 Å². The van der Waals surface area contributed by atoms with Gasteiger partial charge in [-0.25, -0.2) is 8.42 Å². The number of hydrogen-bond donors (Lipinski definition) is 1. The molecule has 1 heterocycles. The minimum atomic E-state index is -3.68. The molecule has 0 radical (unpaired) electrons. The van der Waals surface area contributed by atoms with E-state index in [9.17, 15) is 13.2 Å². The molecular weight excluding hydrogens is 424 g/mol. The summed E-state index contributed by atoms with van der Waals surface area (Å²) in [7, 11) is -3.68. The molecule has 3 atom stereocenters. The summed E-state index contributed by atoms with van der Waals surface area (Å²) in [6.07, 6.45) is 7.49. The SMILES string of the molecule is C[C@@H]1CN(S(=O)(=O)c2cccc(C(=O)N[C@H](C)C34CC5CC(CC(C5)C3)C4)c2)C[C@H](C)O1. The monoisotopic (exact) mass is 460 g/mol. The average molecular weight is 461 g/mol. The number of carbonyl (C=O) groups excluding carboxylic acids is 1. The fraction of sp³-hybridized carbons (Fsp3) is 0.720. The smallest absolute Gasteiger partial charge is 0.251 e. The maximum atomic E-state index is 13.2. The van der Waals surface area contributed by atoms with Crippen molar-refractivity contribution in [3.05, 3.63) is 29.8 Å². The molecule has 0 aromatic heterocycles. The normalized spacial score (nSPS) is 37.9.